The molecule has 5 heteroatoms. The van der Waals surface area contributed by atoms with Crippen LogP contribution in [0.25, 0.3) is 0 Å². The Bertz CT molecular complexity index is 285. The standard InChI is InChI=1S/C8H14N2OS2/c9-6-2-1-3-7-4-5-8(12-7)13(10)11/h4-5H,1-3,6,9-10H2. The topological polar surface area (TPSA) is 69.1 Å². The molecule has 0 saturated heterocycles. The van der Waals surface area contributed by atoms with E-state index in [1.165, 1.54) is 16.2 Å². The molecule has 4 N–H and O–H groups in total. The summed E-state index contributed by atoms with van der Waals surface area (Å²) in [7, 11) is -1.32. The summed E-state index contributed by atoms with van der Waals surface area (Å²) in [4.78, 5) is 1.24. The molecule has 0 bridgehead atoms. The zero-order chi connectivity index (χ0) is 9.68. The number of hydrogen-bond acceptors (Lipinski definition) is 3. The van der Waals surface area contributed by atoms with E-state index in [9.17, 15) is 4.21 Å². The smallest absolute Gasteiger partial charge is 0.132 e. The molecule has 13 heavy (non-hydrogen) atoms. The van der Waals surface area contributed by atoms with Crippen LogP contribution in [0.15, 0.2) is 16.3 Å². The van der Waals surface area contributed by atoms with Crippen molar-refractivity contribution in [2.24, 2.45) is 10.9 Å². The lowest BCUT2D eigenvalue weighted by atomic mass is 10.2. The lowest BCUT2D eigenvalue weighted by Gasteiger charge is -1.94. The fourth-order valence-electron chi connectivity index (χ4n) is 1.04. The van der Waals surface area contributed by atoms with Crippen LogP contribution in [0, 0.1) is 0 Å². The Morgan fingerprint density at radius 2 is 2.15 bits per heavy atom. The van der Waals surface area contributed by atoms with Crippen LogP contribution >= 0.6 is 11.3 Å². The van der Waals surface area contributed by atoms with E-state index >= 15 is 0 Å². The fourth-order valence-corrected chi connectivity index (χ4v) is 2.67. The van der Waals surface area contributed by atoms with Gasteiger partial charge in [0.15, 0.2) is 0 Å². The molecule has 0 radical (unpaired) electrons. The highest BCUT2D eigenvalue weighted by Gasteiger charge is 2.02. The lowest BCUT2D eigenvalue weighted by Crippen LogP contribution is -1.99. The Morgan fingerprint density at radius 3 is 2.69 bits per heavy atom. The first-order valence-electron chi connectivity index (χ1n) is 4.19. The normalized spacial score (nSPS) is 13.1. The molecule has 1 aromatic rings. The molecule has 0 aromatic carbocycles. The molecule has 0 amide bonds. The number of hydrogen-bond donors (Lipinski definition) is 2. The van der Waals surface area contributed by atoms with Crippen LogP contribution < -0.4 is 10.9 Å². The monoisotopic (exact) mass is 218 g/mol. The first-order valence-corrected chi connectivity index (χ1v) is 6.22. The van der Waals surface area contributed by atoms with Gasteiger partial charge in [-0.2, -0.15) is 0 Å². The molecule has 74 valence electrons. The van der Waals surface area contributed by atoms with E-state index in [0.29, 0.717) is 0 Å². The minimum absolute atomic E-state index is 0.737. The molecule has 0 fully saturated rings. The first-order chi connectivity index (χ1) is 6.24. The van der Waals surface area contributed by atoms with Gasteiger partial charge in [0.25, 0.3) is 0 Å². The Balaban J connectivity index is 2.44. The van der Waals surface area contributed by atoms with Gasteiger partial charge in [-0.3, -0.25) is 0 Å². The fraction of sp³-hybridized carbons (Fsp3) is 0.500. The maximum Gasteiger partial charge on any atom is 0.132 e. The maximum absolute atomic E-state index is 10.9. The average molecular weight is 218 g/mol. The highest BCUT2D eigenvalue weighted by molar-refractivity contribution is 7.85. The Hall–Kier alpha value is -0.230. The molecule has 0 aliphatic heterocycles. The molecular formula is C8H14N2OS2. The Labute approximate surface area is 84.7 Å². The molecule has 0 saturated carbocycles. The van der Waals surface area contributed by atoms with Gasteiger partial charge in [-0.1, -0.05) is 0 Å². The third-order valence-electron chi connectivity index (χ3n) is 1.71. The van der Waals surface area contributed by atoms with E-state index < -0.39 is 11.0 Å². The number of rotatable bonds is 5. The van der Waals surface area contributed by atoms with Crippen molar-refractivity contribution in [3.05, 3.63) is 17.0 Å². The molecular weight excluding hydrogens is 204 g/mol. The maximum atomic E-state index is 10.9. The third-order valence-corrected chi connectivity index (χ3v) is 3.93. The molecule has 3 nitrogen and oxygen atoms in total. The van der Waals surface area contributed by atoms with Gasteiger partial charge in [-0.05, 0) is 37.9 Å². The van der Waals surface area contributed by atoms with Crippen molar-refractivity contribution in [1.82, 2.24) is 0 Å². The number of thiophene rings is 1. The highest BCUT2D eigenvalue weighted by atomic mass is 32.2. The van der Waals surface area contributed by atoms with E-state index in [4.69, 9.17) is 10.9 Å². The third kappa shape index (κ3) is 3.56. The van der Waals surface area contributed by atoms with Crippen LogP contribution in [0.3, 0.4) is 0 Å². The van der Waals surface area contributed by atoms with Crippen molar-refractivity contribution in [3.63, 3.8) is 0 Å². The van der Waals surface area contributed by atoms with Crippen LogP contribution in [0.1, 0.15) is 17.7 Å². The summed E-state index contributed by atoms with van der Waals surface area (Å²) in [6, 6.07) is 3.82. The van der Waals surface area contributed by atoms with Gasteiger partial charge in [0, 0.05) is 4.88 Å². The summed E-state index contributed by atoms with van der Waals surface area (Å²) < 4.78 is 11.6. The van der Waals surface area contributed by atoms with E-state index in [-0.39, 0.29) is 0 Å². The van der Waals surface area contributed by atoms with Crippen molar-refractivity contribution in [1.29, 1.82) is 0 Å². The Morgan fingerprint density at radius 1 is 1.38 bits per heavy atom. The van der Waals surface area contributed by atoms with E-state index in [1.54, 1.807) is 0 Å². The predicted molar refractivity (Wildman–Crippen MR) is 56.9 cm³/mol. The van der Waals surface area contributed by atoms with E-state index in [1.807, 2.05) is 12.1 Å². The first kappa shape index (κ1) is 10.8. The summed E-state index contributed by atoms with van der Waals surface area (Å²) >= 11 is 1.53. The minimum Gasteiger partial charge on any atom is -0.330 e. The van der Waals surface area contributed by atoms with Crippen LogP contribution in [-0.2, 0) is 17.4 Å². The van der Waals surface area contributed by atoms with Gasteiger partial charge < -0.3 is 5.73 Å². The number of unbranched alkanes of at least 4 members (excludes halogenated alkanes) is 1. The second-order valence-corrected chi connectivity index (χ2v) is 5.23. The molecule has 1 heterocycles. The van der Waals surface area contributed by atoms with Gasteiger partial charge in [0.05, 0.1) is 0 Å². The van der Waals surface area contributed by atoms with E-state index in [2.05, 4.69) is 0 Å². The van der Waals surface area contributed by atoms with E-state index in [0.717, 1.165) is 30.0 Å². The van der Waals surface area contributed by atoms with Crippen molar-refractivity contribution in [3.8, 4) is 0 Å². The number of aryl methyl sites for hydroxylation is 1. The quantitative estimate of drug-likeness (QED) is 0.724. The molecule has 0 aliphatic carbocycles. The van der Waals surface area contributed by atoms with Gasteiger partial charge in [0.1, 0.15) is 15.2 Å². The van der Waals surface area contributed by atoms with Crippen molar-refractivity contribution in [2.75, 3.05) is 6.54 Å². The van der Waals surface area contributed by atoms with Gasteiger partial charge in [-0.15, -0.1) is 11.3 Å². The second kappa shape index (κ2) is 5.49. The summed E-state index contributed by atoms with van der Waals surface area (Å²) in [5, 5.41) is 5.24. The summed E-state index contributed by atoms with van der Waals surface area (Å²) in [5.41, 5.74) is 5.38. The van der Waals surface area contributed by atoms with Crippen LogP contribution in [-0.4, -0.2) is 10.8 Å². The van der Waals surface area contributed by atoms with Crippen LogP contribution in [0.5, 0.6) is 0 Å². The van der Waals surface area contributed by atoms with Gasteiger partial charge in [0.2, 0.25) is 0 Å². The van der Waals surface area contributed by atoms with Crippen molar-refractivity contribution >= 4 is 22.3 Å². The molecule has 1 rings (SSSR count). The SMILES string of the molecule is NCCCCc1ccc(S(N)=O)s1. The summed E-state index contributed by atoms with van der Waals surface area (Å²) in [6.45, 7) is 0.737. The van der Waals surface area contributed by atoms with Crippen LogP contribution in [0.2, 0.25) is 0 Å². The molecule has 1 aromatic heterocycles. The molecule has 0 aliphatic rings. The number of nitrogens with two attached hydrogens (primary N) is 2. The second-order valence-electron chi connectivity index (χ2n) is 2.76. The predicted octanol–water partition coefficient (Wildman–Crippen LogP) is 1.01. The van der Waals surface area contributed by atoms with Gasteiger partial charge >= 0.3 is 0 Å². The van der Waals surface area contributed by atoms with Crippen molar-refractivity contribution < 1.29 is 4.21 Å². The summed E-state index contributed by atoms with van der Waals surface area (Å²) in [6.07, 6.45) is 3.14. The van der Waals surface area contributed by atoms with Crippen molar-refractivity contribution in [2.45, 2.75) is 23.5 Å². The largest absolute Gasteiger partial charge is 0.330 e. The molecule has 1 unspecified atom stereocenters. The Kier molecular flexibility index (Phi) is 4.58. The summed E-state index contributed by atoms with van der Waals surface area (Å²) in [5.74, 6) is 0. The zero-order valence-electron chi connectivity index (χ0n) is 7.36. The minimum atomic E-state index is -1.32. The average Bonchev–Trinajstić information content (AvgIpc) is 2.53. The van der Waals surface area contributed by atoms with Gasteiger partial charge in [-0.25, -0.2) is 9.35 Å². The molecule has 1 atom stereocenters. The zero-order valence-corrected chi connectivity index (χ0v) is 9.00. The van der Waals surface area contributed by atoms with Crippen LogP contribution in [0.4, 0.5) is 0 Å². The lowest BCUT2D eigenvalue weighted by molar-refractivity contribution is 0.685. The molecule has 0 spiro atoms. The highest BCUT2D eigenvalue weighted by Crippen LogP contribution is 2.19.